The van der Waals surface area contributed by atoms with Crippen molar-refractivity contribution in [3.8, 4) is 11.3 Å². The van der Waals surface area contributed by atoms with Gasteiger partial charge in [0.2, 0.25) is 5.96 Å². The van der Waals surface area contributed by atoms with Crippen molar-refractivity contribution in [2.24, 2.45) is 21.7 Å². The van der Waals surface area contributed by atoms with Crippen molar-refractivity contribution in [1.82, 2.24) is 0 Å². The number of hydrogen-bond acceptors (Lipinski definition) is 3. The van der Waals surface area contributed by atoms with Gasteiger partial charge in [0.1, 0.15) is 5.76 Å². The molecule has 1 heterocycles. The minimum Gasteiger partial charge on any atom is -0.464 e. The van der Waals surface area contributed by atoms with Crippen molar-refractivity contribution >= 4 is 12.2 Å². The smallest absolute Gasteiger partial charge is 0.211 e. The van der Waals surface area contributed by atoms with E-state index in [-0.39, 0.29) is 5.96 Å². The van der Waals surface area contributed by atoms with Gasteiger partial charge in [-0.05, 0) is 23.8 Å². The van der Waals surface area contributed by atoms with Crippen LogP contribution in [0.2, 0.25) is 0 Å². The molecule has 2 aromatic rings. The summed E-state index contributed by atoms with van der Waals surface area (Å²) >= 11 is 0. The van der Waals surface area contributed by atoms with Crippen LogP contribution in [0.1, 0.15) is 5.56 Å². The van der Waals surface area contributed by atoms with Crippen LogP contribution in [0.3, 0.4) is 0 Å². The summed E-state index contributed by atoms with van der Waals surface area (Å²) in [5.74, 6) is 0.741. The minimum atomic E-state index is -0.0663. The Morgan fingerprint density at radius 2 is 2.06 bits per heavy atom. The summed E-state index contributed by atoms with van der Waals surface area (Å²) in [6.45, 7) is 0. The van der Waals surface area contributed by atoms with Gasteiger partial charge in [-0.3, -0.25) is 0 Å². The van der Waals surface area contributed by atoms with Crippen LogP contribution in [0, 0.1) is 0 Å². The zero-order valence-electron chi connectivity index (χ0n) is 9.08. The summed E-state index contributed by atoms with van der Waals surface area (Å²) in [5.41, 5.74) is 12.2. The van der Waals surface area contributed by atoms with E-state index in [9.17, 15) is 0 Å². The quantitative estimate of drug-likeness (QED) is 0.474. The lowest BCUT2D eigenvalue weighted by Gasteiger charge is -1.97. The molecule has 4 N–H and O–H groups in total. The van der Waals surface area contributed by atoms with Gasteiger partial charge in [-0.1, -0.05) is 18.2 Å². The molecule has 0 radical (unpaired) electrons. The Morgan fingerprint density at radius 3 is 2.76 bits per heavy atom. The maximum atomic E-state index is 5.31. The summed E-state index contributed by atoms with van der Waals surface area (Å²) in [4.78, 5) is 0. The van der Waals surface area contributed by atoms with E-state index in [0.29, 0.717) is 0 Å². The molecule has 0 unspecified atom stereocenters. The Balaban J connectivity index is 2.23. The molecule has 0 aliphatic heterocycles. The van der Waals surface area contributed by atoms with Crippen LogP contribution in [0.5, 0.6) is 0 Å². The maximum Gasteiger partial charge on any atom is 0.211 e. The molecule has 0 amide bonds. The molecule has 0 fully saturated rings. The maximum absolute atomic E-state index is 5.31. The van der Waals surface area contributed by atoms with E-state index in [1.807, 2.05) is 36.4 Å². The molecular weight excluding hydrogens is 216 g/mol. The van der Waals surface area contributed by atoms with E-state index in [1.54, 1.807) is 12.5 Å². The molecule has 0 bridgehead atoms. The summed E-state index contributed by atoms with van der Waals surface area (Å²) in [6.07, 6.45) is 3.21. The van der Waals surface area contributed by atoms with Crippen LogP contribution in [-0.4, -0.2) is 12.2 Å². The largest absolute Gasteiger partial charge is 0.464 e. The van der Waals surface area contributed by atoms with Crippen LogP contribution >= 0.6 is 0 Å². The highest BCUT2D eigenvalue weighted by Gasteiger charge is 1.99. The first-order valence-corrected chi connectivity index (χ1v) is 5.01. The van der Waals surface area contributed by atoms with Crippen molar-refractivity contribution in [1.29, 1.82) is 0 Å². The highest BCUT2D eigenvalue weighted by atomic mass is 16.3. The van der Waals surface area contributed by atoms with Gasteiger partial charge in [0.15, 0.2) is 0 Å². The van der Waals surface area contributed by atoms with E-state index < -0.39 is 0 Å². The fourth-order valence-corrected chi connectivity index (χ4v) is 1.38. The number of nitrogens with two attached hydrogens (primary N) is 2. The normalized spacial score (nSPS) is 10.6. The molecule has 0 saturated heterocycles. The Hall–Kier alpha value is -2.56. The van der Waals surface area contributed by atoms with Gasteiger partial charge in [-0.15, -0.1) is 5.10 Å². The Labute approximate surface area is 98.5 Å². The molecule has 0 spiro atoms. The van der Waals surface area contributed by atoms with Gasteiger partial charge >= 0.3 is 0 Å². The molecule has 17 heavy (non-hydrogen) atoms. The molecule has 5 heteroatoms. The average Bonchev–Trinajstić information content (AvgIpc) is 2.82. The SMILES string of the molecule is NC(N)=NN=Cc1cccc(-c2ccco2)c1. The summed E-state index contributed by atoms with van der Waals surface area (Å²) in [5, 5.41) is 7.28. The molecular formula is C12H12N4O. The third kappa shape index (κ3) is 2.94. The zero-order valence-corrected chi connectivity index (χ0v) is 9.08. The minimum absolute atomic E-state index is 0.0663. The lowest BCUT2D eigenvalue weighted by Crippen LogP contribution is -2.21. The van der Waals surface area contributed by atoms with E-state index in [2.05, 4.69) is 10.2 Å². The van der Waals surface area contributed by atoms with E-state index in [4.69, 9.17) is 15.9 Å². The third-order valence-corrected chi connectivity index (χ3v) is 2.07. The number of hydrogen-bond donors (Lipinski definition) is 2. The molecule has 5 nitrogen and oxygen atoms in total. The fraction of sp³-hybridized carbons (Fsp3) is 0. The Kier molecular flexibility index (Phi) is 3.20. The van der Waals surface area contributed by atoms with Crippen LogP contribution in [0.4, 0.5) is 0 Å². The predicted molar refractivity (Wildman–Crippen MR) is 67.5 cm³/mol. The summed E-state index contributed by atoms with van der Waals surface area (Å²) in [6, 6.07) is 11.4. The van der Waals surface area contributed by atoms with Crippen LogP contribution < -0.4 is 11.5 Å². The number of furan rings is 1. The second-order valence-electron chi connectivity index (χ2n) is 3.37. The van der Waals surface area contributed by atoms with Crippen molar-refractivity contribution in [3.63, 3.8) is 0 Å². The molecule has 0 atom stereocenters. The van der Waals surface area contributed by atoms with Gasteiger partial charge in [0.05, 0.1) is 12.5 Å². The van der Waals surface area contributed by atoms with E-state index in [0.717, 1.165) is 16.9 Å². The van der Waals surface area contributed by atoms with Crippen LogP contribution in [-0.2, 0) is 0 Å². The first-order valence-electron chi connectivity index (χ1n) is 5.01. The second kappa shape index (κ2) is 4.98. The van der Waals surface area contributed by atoms with Crippen LogP contribution in [0.15, 0.2) is 57.3 Å². The first kappa shape index (κ1) is 10.9. The molecule has 0 saturated carbocycles. The van der Waals surface area contributed by atoms with Crippen molar-refractivity contribution < 1.29 is 4.42 Å². The van der Waals surface area contributed by atoms with Gasteiger partial charge in [0.25, 0.3) is 0 Å². The van der Waals surface area contributed by atoms with Gasteiger partial charge in [-0.2, -0.15) is 5.10 Å². The highest BCUT2D eigenvalue weighted by Crippen LogP contribution is 2.20. The predicted octanol–water partition coefficient (Wildman–Crippen LogP) is 1.55. The van der Waals surface area contributed by atoms with Crippen LogP contribution in [0.25, 0.3) is 11.3 Å². The number of rotatable bonds is 3. The lowest BCUT2D eigenvalue weighted by molar-refractivity contribution is 0.582. The number of nitrogens with zero attached hydrogens (tertiary/aromatic N) is 2. The van der Waals surface area contributed by atoms with Crippen molar-refractivity contribution in [2.45, 2.75) is 0 Å². The van der Waals surface area contributed by atoms with E-state index in [1.165, 1.54) is 0 Å². The molecule has 2 rings (SSSR count). The fourth-order valence-electron chi connectivity index (χ4n) is 1.38. The molecule has 0 aliphatic carbocycles. The second-order valence-corrected chi connectivity index (χ2v) is 3.37. The zero-order chi connectivity index (χ0) is 12.1. The number of benzene rings is 1. The Morgan fingerprint density at radius 1 is 1.18 bits per heavy atom. The number of guanidine groups is 1. The summed E-state index contributed by atoms with van der Waals surface area (Å²) in [7, 11) is 0. The van der Waals surface area contributed by atoms with E-state index >= 15 is 0 Å². The van der Waals surface area contributed by atoms with Gasteiger partial charge < -0.3 is 15.9 Å². The average molecular weight is 228 g/mol. The van der Waals surface area contributed by atoms with Crippen molar-refractivity contribution in [2.75, 3.05) is 0 Å². The molecule has 86 valence electrons. The standard InChI is InChI=1S/C12H12N4O/c13-12(14)16-15-8-9-3-1-4-10(7-9)11-5-2-6-17-11/h1-8H,(H4,13,14,16). The highest BCUT2D eigenvalue weighted by molar-refractivity contribution is 5.83. The third-order valence-electron chi connectivity index (χ3n) is 2.07. The monoisotopic (exact) mass is 228 g/mol. The Bertz CT molecular complexity index is 539. The van der Waals surface area contributed by atoms with Crippen molar-refractivity contribution in [3.05, 3.63) is 48.2 Å². The lowest BCUT2D eigenvalue weighted by atomic mass is 10.1. The first-order chi connectivity index (χ1) is 8.25. The molecule has 0 aliphatic rings. The molecule has 1 aromatic heterocycles. The molecule has 1 aromatic carbocycles. The summed E-state index contributed by atoms with van der Waals surface area (Å²) < 4.78 is 5.31. The van der Waals surface area contributed by atoms with Gasteiger partial charge in [0, 0.05) is 5.56 Å². The topological polar surface area (TPSA) is 89.9 Å². The van der Waals surface area contributed by atoms with Gasteiger partial charge in [-0.25, -0.2) is 0 Å².